The van der Waals surface area contributed by atoms with E-state index in [1.165, 1.54) is 16.8 Å². The van der Waals surface area contributed by atoms with Crippen LogP contribution in [0.3, 0.4) is 0 Å². The maximum atomic E-state index is 5.38. The molecular formula is C17H23OP. The Bertz CT molecular complexity index is 442. The van der Waals surface area contributed by atoms with Gasteiger partial charge in [0.1, 0.15) is 0 Å². The van der Waals surface area contributed by atoms with Gasteiger partial charge in [0.15, 0.2) is 0 Å². The summed E-state index contributed by atoms with van der Waals surface area (Å²) in [7, 11) is 0.129. The second-order valence-electron chi connectivity index (χ2n) is 4.91. The fourth-order valence-corrected chi connectivity index (χ4v) is 7.13. The number of hydrogen-bond donors (Lipinski definition) is 0. The van der Waals surface area contributed by atoms with E-state index in [4.69, 9.17) is 4.74 Å². The first-order valence-corrected chi connectivity index (χ1v) is 9.35. The van der Waals surface area contributed by atoms with Crippen molar-refractivity contribution in [3.8, 4) is 0 Å². The van der Waals surface area contributed by atoms with Crippen LogP contribution in [0.1, 0.15) is 6.92 Å². The van der Waals surface area contributed by atoms with Crippen molar-refractivity contribution < 1.29 is 4.74 Å². The third-order valence-electron chi connectivity index (χ3n) is 3.99. The van der Waals surface area contributed by atoms with Crippen LogP contribution in [0, 0.1) is 0 Å². The van der Waals surface area contributed by atoms with Crippen molar-refractivity contribution in [3.05, 3.63) is 60.7 Å². The summed E-state index contributed by atoms with van der Waals surface area (Å²) in [4.78, 5) is 0. The molecule has 0 heterocycles. The molecule has 0 saturated heterocycles. The summed E-state index contributed by atoms with van der Waals surface area (Å²) in [6.45, 7) is 3.16. The molecule has 0 spiro atoms. The van der Waals surface area contributed by atoms with Crippen LogP contribution in [0.5, 0.6) is 0 Å². The average molecular weight is 274 g/mol. The molecule has 0 amide bonds. The van der Waals surface area contributed by atoms with Crippen molar-refractivity contribution in [2.24, 2.45) is 0 Å². The number of methoxy groups -OCH3 is 1. The van der Waals surface area contributed by atoms with Crippen LogP contribution in [-0.4, -0.2) is 26.0 Å². The van der Waals surface area contributed by atoms with Gasteiger partial charge in [-0.2, -0.15) is 0 Å². The monoisotopic (exact) mass is 274 g/mol. The minimum absolute atomic E-state index is 0.837. The molecule has 0 aliphatic rings. The molecule has 2 aromatic rings. The van der Waals surface area contributed by atoms with E-state index in [2.05, 4.69) is 67.6 Å². The fourth-order valence-electron chi connectivity index (χ4n) is 2.83. The molecule has 19 heavy (non-hydrogen) atoms. The van der Waals surface area contributed by atoms with Crippen LogP contribution in [0.2, 0.25) is 0 Å². The Labute approximate surface area is 117 Å². The number of hydrogen-bond acceptors (Lipinski definition) is 1. The van der Waals surface area contributed by atoms with E-state index in [9.17, 15) is 0 Å². The standard InChI is InChI=1S/C17H23OP/c1-3-19(15-14-18-2,16-10-6-4-7-11-16)17-12-8-5-9-13-17/h4-13,19H,3,14-15H2,1-2H3. The SMILES string of the molecule is CC[PH](CCOC)(c1ccccc1)c1ccccc1. The zero-order valence-corrected chi connectivity index (χ0v) is 12.8. The van der Waals surface area contributed by atoms with E-state index in [0.717, 1.165) is 12.8 Å². The molecule has 0 aromatic heterocycles. The summed E-state index contributed by atoms with van der Waals surface area (Å²) in [5, 5.41) is 3.03. The molecule has 2 heteroatoms. The van der Waals surface area contributed by atoms with Crippen molar-refractivity contribution in [3.63, 3.8) is 0 Å². The van der Waals surface area contributed by atoms with Gasteiger partial charge in [-0.15, -0.1) is 0 Å². The molecule has 0 bridgehead atoms. The van der Waals surface area contributed by atoms with Gasteiger partial charge in [0.2, 0.25) is 0 Å². The van der Waals surface area contributed by atoms with Gasteiger partial charge in [-0.1, -0.05) is 0 Å². The fraction of sp³-hybridized carbons (Fsp3) is 0.294. The van der Waals surface area contributed by atoms with Gasteiger partial charge in [-0.25, -0.2) is 0 Å². The molecule has 0 atom stereocenters. The Morgan fingerprint density at radius 3 is 1.68 bits per heavy atom. The molecule has 1 nitrogen and oxygen atoms in total. The Morgan fingerprint density at radius 2 is 1.32 bits per heavy atom. The van der Waals surface area contributed by atoms with Crippen LogP contribution < -0.4 is 10.6 Å². The third-order valence-corrected chi connectivity index (χ3v) is 9.13. The molecular weight excluding hydrogens is 251 g/mol. The predicted molar refractivity (Wildman–Crippen MR) is 87.8 cm³/mol. The second kappa shape index (κ2) is 6.84. The topological polar surface area (TPSA) is 9.23 Å². The van der Waals surface area contributed by atoms with Crippen LogP contribution in [-0.2, 0) is 4.74 Å². The maximum absolute atomic E-state index is 5.38. The summed E-state index contributed by atoms with van der Waals surface area (Å²) in [5.41, 5.74) is 0. The van der Waals surface area contributed by atoms with E-state index < -0.39 is 7.26 Å². The Morgan fingerprint density at radius 1 is 0.842 bits per heavy atom. The molecule has 102 valence electrons. The predicted octanol–water partition coefficient (Wildman–Crippen LogP) is 3.05. The van der Waals surface area contributed by atoms with E-state index in [1.54, 1.807) is 7.11 Å². The molecule has 0 N–H and O–H groups in total. The van der Waals surface area contributed by atoms with E-state index >= 15 is 0 Å². The van der Waals surface area contributed by atoms with Gasteiger partial charge < -0.3 is 0 Å². The van der Waals surface area contributed by atoms with Crippen molar-refractivity contribution in [1.29, 1.82) is 0 Å². The van der Waals surface area contributed by atoms with Crippen LogP contribution in [0.4, 0.5) is 0 Å². The van der Waals surface area contributed by atoms with Gasteiger partial charge in [-0.05, 0) is 0 Å². The van der Waals surface area contributed by atoms with Crippen LogP contribution in [0.15, 0.2) is 60.7 Å². The van der Waals surface area contributed by atoms with Crippen LogP contribution >= 0.6 is 7.26 Å². The molecule has 0 aliphatic heterocycles. The average Bonchev–Trinajstić information content (AvgIpc) is 2.51. The Balaban J connectivity index is 2.48. The van der Waals surface area contributed by atoms with E-state index in [-0.39, 0.29) is 0 Å². The first-order valence-electron chi connectivity index (χ1n) is 6.93. The van der Waals surface area contributed by atoms with E-state index in [1.807, 2.05) is 0 Å². The Kier molecular flexibility index (Phi) is 5.13. The van der Waals surface area contributed by atoms with Crippen molar-refractivity contribution in [2.45, 2.75) is 6.92 Å². The zero-order chi connectivity index (χ0) is 13.6. The van der Waals surface area contributed by atoms with Crippen LogP contribution in [0.25, 0.3) is 0 Å². The van der Waals surface area contributed by atoms with Crippen molar-refractivity contribution in [1.82, 2.24) is 0 Å². The van der Waals surface area contributed by atoms with Gasteiger partial charge >= 0.3 is 116 Å². The molecule has 0 unspecified atom stereocenters. The normalized spacial score (nSPS) is 12.3. The zero-order valence-electron chi connectivity index (χ0n) is 11.8. The van der Waals surface area contributed by atoms with Crippen molar-refractivity contribution in [2.75, 3.05) is 26.0 Å². The van der Waals surface area contributed by atoms with E-state index in [0.29, 0.717) is 0 Å². The quantitative estimate of drug-likeness (QED) is 0.736. The molecule has 2 aromatic carbocycles. The summed E-state index contributed by atoms with van der Waals surface area (Å²) in [5.74, 6) is 0. The van der Waals surface area contributed by atoms with Gasteiger partial charge in [0.05, 0.1) is 0 Å². The summed E-state index contributed by atoms with van der Waals surface area (Å²) in [6.07, 6.45) is 2.36. The minimum atomic E-state index is -1.67. The van der Waals surface area contributed by atoms with Gasteiger partial charge in [-0.3, -0.25) is 0 Å². The molecule has 0 fully saturated rings. The van der Waals surface area contributed by atoms with Gasteiger partial charge in [0.25, 0.3) is 0 Å². The first-order chi connectivity index (χ1) is 9.33. The molecule has 0 saturated carbocycles. The summed E-state index contributed by atoms with van der Waals surface area (Å²) < 4.78 is 5.38. The third kappa shape index (κ3) is 3.05. The summed E-state index contributed by atoms with van der Waals surface area (Å²) in [6, 6.07) is 22.0. The number of rotatable bonds is 6. The second-order valence-corrected chi connectivity index (χ2v) is 9.44. The van der Waals surface area contributed by atoms with Crippen molar-refractivity contribution >= 4 is 17.9 Å². The van der Waals surface area contributed by atoms with Gasteiger partial charge in [0, 0.05) is 0 Å². The summed E-state index contributed by atoms with van der Waals surface area (Å²) >= 11 is 0. The molecule has 0 radical (unpaired) electrons. The number of benzene rings is 2. The Hall–Kier alpha value is -1.17. The first kappa shape index (κ1) is 14.2. The molecule has 0 aliphatic carbocycles. The number of ether oxygens (including phenoxy) is 1. The molecule has 2 rings (SSSR count).